The highest BCUT2D eigenvalue weighted by Gasteiger charge is 2.32. The van der Waals surface area contributed by atoms with E-state index in [2.05, 4.69) is 22.4 Å². The second-order valence-corrected chi connectivity index (χ2v) is 8.17. The molecule has 142 valence electrons. The summed E-state index contributed by atoms with van der Waals surface area (Å²) in [6, 6.07) is 13.9. The van der Waals surface area contributed by atoms with Gasteiger partial charge in [0.15, 0.2) is 0 Å². The molecule has 0 bridgehead atoms. The first-order valence-electron chi connectivity index (χ1n) is 9.62. The van der Waals surface area contributed by atoms with Crippen molar-refractivity contribution in [3.63, 3.8) is 0 Å². The average Bonchev–Trinajstić information content (AvgIpc) is 3.40. The molecule has 5 nitrogen and oxygen atoms in total. The molecule has 1 unspecified atom stereocenters. The van der Waals surface area contributed by atoms with Gasteiger partial charge in [0, 0.05) is 43.2 Å². The van der Waals surface area contributed by atoms with Crippen molar-refractivity contribution in [1.82, 2.24) is 14.7 Å². The van der Waals surface area contributed by atoms with Crippen LogP contribution in [-0.2, 0) is 4.79 Å². The zero-order valence-electron chi connectivity index (χ0n) is 15.4. The van der Waals surface area contributed by atoms with Crippen LogP contribution < -0.4 is 0 Å². The molecule has 2 amide bonds. The van der Waals surface area contributed by atoms with Crippen LogP contribution in [0.1, 0.15) is 34.1 Å². The molecule has 2 saturated heterocycles. The minimum Gasteiger partial charge on any atom is -0.336 e. The second-order valence-electron chi connectivity index (χ2n) is 7.19. The molecular formula is C21H25N3O2S. The normalized spacial score (nSPS) is 20.8. The molecule has 0 N–H and O–H groups in total. The van der Waals surface area contributed by atoms with Crippen molar-refractivity contribution >= 4 is 23.2 Å². The molecule has 2 aliphatic rings. The Labute approximate surface area is 164 Å². The molecular weight excluding hydrogens is 358 g/mol. The molecule has 0 spiro atoms. The summed E-state index contributed by atoms with van der Waals surface area (Å²) < 4.78 is 0. The van der Waals surface area contributed by atoms with Crippen LogP contribution in [0.25, 0.3) is 0 Å². The number of piperazine rings is 1. The fourth-order valence-corrected chi connectivity index (χ4v) is 4.87. The third kappa shape index (κ3) is 4.06. The van der Waals surface area contributed by atoms with Gasteiger partial charge in [0.2, 0.25) is 5.91 Å². The quantitative estimate of drug-likeness (QED) is 0.815. The summed E-state index contributed by atoms with van der Waals surface area (Å²) in [4.78, 5) is 32.8. The molecule has 4 rings (SSSR count). The molecule has 1 aromatic heterocycles. The Hall–Kier alpha value is -2.18. The minimum atomic E-state index is 0.0823. The van der Waals surface area contributed by atoms with E-state index in [0.29, 0.717) is 19.6 Å². The zero-order chi connectivity index (χ0) is 18.6. The Morgan fingerprint density at radius 2 is 1.74 bits per heavy atom. The number of hydrogen-bond acceptors (Lipinski definition) is 4. The van der Waals surface area contributed by atoms with Gasteiger partial charge in [0.25, 0.3) is 5.91 Å². The van der Waals surface area contributed by atoms with Crippen LogP contribution >= 0.6 is 11.3 Å². The van der Waals surface area contributed by atoms with Crippen molar-refractivity contribution in [3.05, 3.63) is 58.3 Å². The first-order valence-corrected chi connectivity index (χ1v) is 10.5. The average molecular weight is 384 g/mol. The molecule has 6 heteroatoms. The van der Waals surface area contributed by atoms with Crippen LogP contribution in [-0.4, -0.2) is 65.8 Å². The third-order valence-electron chi connectivity index (χ3n) is 5.48. The fourth-order valence-electron chi connectivity index (χ4n) is 4.00. The Balaban J connectivity index is 1.30. The number of amides is 2. The fraction of sp³-hybridized carbons (Fsp3) is 0.429. The van der Waals surface area contributed by atoms with Gasteiger partial charge in [-0.1, -0.05) is 24.3 Å². The van der Waals surface area contributed by atoms with Crippen molar-refractivity contribution in [2.45, 2.75) is 18.9 Å². The maximum Gasteiger partial charge on any atom is 0.253 e. The molecule has 0 aliphatic carbocycles. The van der Waals surface area contributed by atoms with Gasteiger partial charge in [-0.05, 0) is 36.4 Å². The summed E-state index contributed by atoms with van der Waals surface area (Å²) in [5.41, 5.74) is 0.734. The summed E-state index contributed by atoms with van der Waals surface area (Å²) in [5.74, 6) is 0.299. The van der Waals surface area contributed by atoms with Crippen LogP contribution in [0.2, 0.25) is 0 Å². The summed E-state index contributed by atoms with van der Waals surface area (Å²) in [7, 11) is 0. The summed E-state index contributed by atoms with van der Waals surface area (Å²) in [5, 5.41) is 2.08. The number of nitrogens with zero attached hydrogens (tertiary/aromatic N) is 3. The predicted molar refractivity (Wildman–Crippen MR) is 107 cm³/mol. The predicted octanol–water partition coefficient (Wildman–Crippen LogP) is 2.87. The van der Waals surface area contributed by atoms with Crippen molar-refractivity contribution in [2.75, 3.05) is 39.3 Å². The number of carbonyl (C=O) groups excluding carboxylic acids is 2. The van der Waals surface area contributed by atoms with Crippen LogP contribution in [0.15, 0.2) is 47.8 Å². The molecule has 2 aliphatic heterocycles. The molecule has 27 heavy (non-hydrogen) atoms. The Morgan fingerprint density at radius 3 is 2.44 bits per heavy atom. The molecule has 3 heterocycles. The lowest BCUT2D eigenvalue weighted by Gasteiger charge is -2.35. The molecule has 0 radical (unpaired) electrons. The topological polar surface area (TPSA) is 43.9 Å². The Kier molecular flexibility index (Phi) is 5.55. The summed E-state index contributed by atoms with van der Waals surface area (Å²) in [6.07, 6.45) is 2.14. The third-order valence-corrected chi connectivity index (χ3v) is 6.46. The van der Waals surface area contributed by atoms with E-state index in [1.54, 1.807) is 11.3 Å². The Bertz CT molecular complexity index is 770. The van der Waals surface area contributed by atoms with E-state index in [1.807, 2.05) is 40.1 Å². The van der Waals surface area contributed by atoms with Gasteiger partial charge in [0.1, 0.15) is 0 Å². The van der Waals surface area contributed by atoms with Crippen molar-refractivity contribution in [1.29, 1.82) is 0 Å². The SMILES string of the molecule is O=C(c1ccccc1)N1CCN(CC(=O)N2CCCC2c2cccs2)CC1. The number of rotatable bonds is 4. The van der Waals surface area contributed by atoms with Gasteiger partial charge in [-0.3, -0.25) is 14.5 Å². The van der Waals surface area contributed by atoms with Gasteiger partial charge in [-0.15, -0.1) is 11.3 Å². The van der Waals surface area contributed by atoms with E-state index in [9.17, 15) is 9.59 Å². The lowest BCUT2D eigenvalue weighted by Crippen LogP contribution is -2.51. The van der Waals surface area contributed by atoms with Crippen LogP contribution in [0.5, 0.6) is 0 Å². The van der Waals surface area contributed by atoms with Crippen molar-refractivity contribution in [3.8, 4) is 0 Å². The molecule has 0 saturated carbocycles. The first kappa shape index (κ1) is 18.2. The highest BCUT2D eigenvalue weighted by Crippen LogP contribution is 2.34. The van der Waals surface area contributed by atoms with Crippen molar-refractivity contribution in [2.24, 2.45) is 0 Å². The minimum absolute atomic E-state index is 0.0823. The lowest BCUT2D eigenvalue weighted by molar-refractivity contribution is -0.133. The van der Waals surface area contributed by atoms with Crippen LogP contribution in [0, 0.1) is 0 Å². The molecule has 2 fully saturated rings. The molecule has 1 atom stereocenters. The van der Waals surface area contributed by atoms with Gasteiger partial charge >= 0.3 is 0 Å². The summed E-state index contributed by atoms with van der Waals surface area (Å²) >= 11 is 1.74. The Morgan fingerprint density at radius 1 is 0.963 bits per heavy atom. The van der Waals surface area contributed by atoms with E-state index in [-0.39, 0.29) is 17.9 Å². The highest BCUT2D eigenvalue weighted by atomic mass is 32.1. The van der Waals surface area contributed by atoms with Crippen molar-refractivity contribution < 1.29 is 9.59 Å². The van der Waals surface area contributed by atoms with Gasteiger partial charge in [0.05, 0.1) is 12.6 Å². The van der Waals surface area contributed by atoms with Gasteiger partial charge < -0.3 is 9.80 Å². The maximum atomic E-state index is 12.9. The first-order chi connectivity index (χ1) is 13.2. The number of likely N-dealkylation sites (tertiary alicyclic amines) is 1. The van der Waals surface area contributed by atoms with E-state index < -0.39 is 0 Å². The van der Waals surface area contributed by atoms with Gasteiger partial charge in [-0.25, -0.2) is 0 Å². The van der Waals surface area contributed by atoms with E-state index >= 15 is 0 Å². The molecule has 1 aromatic carbocycles. The highest BCUT2D eigenvalue weighted by molar-refractivity contribution is 7.10. The standard InChI is InChI=1S/C21H25N3O2S/c25-20(24-10-4-8-18(24)19-9-5-15-27-19)16-22-11-13-23(14-12-22)21(26)17-6-2-1-3-7-17/h1-3,5-7,9,15,18H,4,8,10-14,16H2. The maximum absolute atomic E-state index is 12.9. The zero-order valence-corrected chi connectivity index (χ0v) is 16.2. The number of hydrogen-bond donors (Lipinski definition) is 0. The van der Waals surface area contributed by atoms with E-state index in [0.717, 1.165) is 38.0 Å². The largest absolute Gasteiger partial charge is 0.336 e. The van der Waals surface area contributed by atoms with Gasteiger partial charge in [-0.2, -0.15) is 0 Å². The lowest BCUT2D eigenvalue weighted by atomic mass is 10.1. The number of thiophene rings is 1. The smallest absolute Gasteiger partial charge is 0.253 e. The number of carbonyl (C=O) groups is 2. The van der Waals surface area contributed by atoms with E-state index in [4.69, 9.17) is 0 Å². The molecule has 2 aromatic rings. The van der Waals surface area contributed by atoms with E-state index in [1.165, 1.54) is 4.88 Å². The number of benzene rings is 1. The second kappa shape index (κ2) is 8.23. The van der Waals surface area contributed by atoms with Crippen LogP contribution in [0.4, 0.5) is 0 Å². The monoisotopic (exact) mass is 383 g/mol. The summed E-state index contributed by atoms with van der Waals surface area (Å²) in [6.45, 7) is 4.16. The van der Waals surface area contributed by atoms with Crippen LogP contribution in [0.3, 0.4) is 0 Å².